The molecule has 0 aliphatic rings. The molecule has 3 heteroatoms. The monoisotopic (exact) mass is 202 g/mol. The predicted octanol–water partition coefficient (Wildman–Crippen LogP) is 2.45. The van der Waals surface area contributed by atoms with Crippen LogP contribution in [-0.2, 0) is 0 Å². The Morgan fingerprint density at radius 2 is 2.10 bits per heavy atom. The molecule has 1 rings (SSSR count). The van der Waals surface area contributed by atoms with Gasteiger partial charge in [0.25, 0.3) is 0 Å². The van der Waals surface area contributed by atoms with Crippen LogP contribution in [0.2, 0.25) is 0 Å². The van der Waals surface area contributed by atoms with E-state index in [1.165, 1.54) is 0 Å². The average Bonchev–Trinajstić information content (AvgIpc) is 2.00. The SMILES string of the molecule is CC.Nc1ncccc1Br. The minimum absolute atomic E-state index is 0.535. The van der Waals surface area contributed by atoms with Crippen LogP contribution in [-0.4, -0.2) is 4.98 Å². The Balaban J connectivity index is 0.000000371. The molecule has 1 aromatic rings. The topological polar surface area (TPSA) is 38.9 Å². The van der Waals surface area contributed by atoms with Crippen molar-refractivity contribution in [1.29, 1.82) is 0 Å². The Morgan fingerprint density at radius 1 is 1.50 bits per heavy atom. The average molecular weight is 203 g/mol. The van der Waals surface area contributed by atoms with Gasteiger partial charge in [-0.2, -0.15) is 0 Å². The first-order chi connectivity index (χ1) is 4.80. The van der Waals surface area contributed by atoms with E-state index in [1.807, 2.05) is 26.0 Å². The van der Waals surface area contributed by atoms with E-state index in [4.69, 9.17) is 5.73 Å². The van der Waals surface area contributed by atoms with Crippen molar-refractivity contribution in [3.05, 3.63) is 22.8 Å². The molecule has 0 aliphatic carbocycles. The fourth-order valence-corrected chi connectivity index (χ4v) is 0.653. The summed E-state index contributed by atoms with van der Waals surface area (Å²) in [5.41, 5.74) is 5.36. The number of rotatable bonds is 0. The molecular weight excluding hydrogens is 192 g/mol. The Labute approximate surface area is 69.6 Å². The van der Waals surface area contributed by atoms with Gasteiger partial charge in [-0.25, -0.2) is 4.98 Å². The largest absolute Gasteiger partial charge is 0.383 e. The Hall–Kier alpha value is -0.570. The molecule has 0 aromatic carbocycles. The third kappa shape index (κ3) is 2.82. The lowest BCUT2D eigenvalue weighted by molar-refractivity contribution is 1.32. The molecule has 0 radical (unpaired) electrons. The van der Waals surface area contributed by atoms with Crippen molar-refractivity contribution in [3.8, 4) is 0 Å². The number of pyridine rings is 1. The van der Waals surface area contributed by atoms with Crippen LogP contribution in [0.1, 0.15) is 13.8 Å². The van der Waals surface area contributed by atoms with Crippen LogP contribution < -0.4 is 5.73 Å². The lowest BCUT2D eigenvalue weighted by Crippen LogP contribution is -1.88. The maximum Gasteiger partial charge on any atom is 0.137 e. The van der Waals surface area contributed by atoms with Gasteiger partial charge in [0.15, 0.2) is 0 Å². The first-order valence-electron chi connectivity index (χ1n) is 3.16. The molecule has 0 amide bonds. The highest BCUT2D eigenvalue weighted by Crippen LogP contribution is 2.13. The van der Waals surface area contributed by atoms with E-state index in [0.29, 0.717) is 5.82 Å². The standard InChI is InChI=1S/C5H5BrN2.C2H6/c6-4-2-1-3-8-5(4)7;1-2/h1-3H,(H2,7,8);1-2H3. The Kier molecular flexibility index (Phi) is 4.94. The molecule has 0 bridgehead atoms. The molecule has 1 aromatic heterocycles. The van der Waals surface area contributed by atoms with Crippen LogP contribution in [0.3, 0.4) is 0 Å². The maximum absolute atomic E-state index is 5.36. The number of nitrogen functional groups attached to an aromatic ring is 1. The summed E-state index contributed by atoms with van der Waals surface area (Å²) in [5.74, 6) is 0.535. The molecule has 0 atom stereocenters. The zero-order valence-electron chi connectivity index (χ0n) is 6.13. The lowest BCUT2D eigenvalue weighted by Gasteiger charge is -1.90. The maximum atomic E-state index is 5.36. The number of nitrogens with zero attached hydrogens (tertiary/aromatic N) is 1. The van der Waals surface area contributed by atoms with Crippen molar-refractivity contribution in [2.75, 3.05) is 5.73 Å². The highest BCUT2D eigenvalue weighted by atomic mass is 79.9. The van der Waals surface area contributed by atoms with Gasteiger partial charge in [-0.1, -0.05) is 13.8 Å². The first-order valence-corrected chi connectivity index (χ1v) is 3.96. The summed E-state index contributed by atoms with van der Waals surface area (Å²) in [7, 11) is 0. The van der Waals surface area contributed by atoms with Gasteiger partial charge >= 0.3 is 0 Å². The summed E-state index contributed by atoms with van der Waals surface area (Å²) in [6.45, 7) is 4.00. The number of hydrogen-bond donors (Lipinski definition) is 1. The lowest BCUT2D eigenvalue weighted by atomic mass is 10.5. The third-order valence-electron chi connectivity index (χ3n) is 0.787. The van der Waals surface area contributed by atoms with Crippen molar-refractivity contribution < 1.29 is 0 Å². The number of aromatic nitrogens is 1. The number of hydrogen-bond acceptors (Lipinski definition) is 2. The molecular formula is C7H11BrN2. The Bertz CT molecular complexity index is 168. The summed E-state index contributed by atoms with van der Waals surface area (Å²) < 4.78 is 0.847. The fourth-order valence-electron chi connectivity index (χ4n) is 0.398. The number of nitrogens with two attached hydrogens (primary N) is 1. The van der Waals surface area contributed by atoms with E-state index in [9.17, 15) is 0 Å². The van der Waals surface area contributed by atoms with Gasteiger partial charge in [0.1, 0.15) is 5.82 Å². The van der Waals surface area contributed by atoms with Gasteiger partial charge in [0, 0.05) is 6.20 Å². The first kappa shape index (κ1) is 9.43. The molecule has 2 N–H and O–H groups in total. The van der Waals surface area contributed by atoms with Crippen molar-refractivity contribution in [3.63, 3.8) is 0 Å². The molecule has 0 unspecified atom stereocenters. The van der Waals surface area contributed by atoms with Gasteiger partial charge in [-0.05, 0) is 28.1 Å². The van der Waals surface area contributed by atoms with Crippen LogP contribution in [0.15, 0.2) is 22.8 Å². The van der Waals surface area contributed by atoms with E-state index < -0.39 is 0 Å². The molecule has 0 aliphatic heterocycles. The molecule has 10 heavy (non-hydrogen) atoms. The molecule has 56 valence electrons. The van der Waals surface area contributed by atoms with Gasteiger partial charge in [-0.15, -0.1) is 0 Å². The van der Waals surface area contributed by atoms with E-state index in [0.717, 1.165) is 4.47 Å². The summed E-state index contributed by atoms with van der Waals surface area (Å²) in [5, 5.41) is 0. The highest BCUT2D eigenvalue weighted by molar-refractivity contribution is 9.10. The van der Waals surface area contributed by atoms with Gasteiger partial charge in [-0.3, -0.25) is 0 Å². The smallest absolute Gasteiger partial charge is 0.137 e. The molecule has 2 nitrogen and oxygen atoms in total. The van der Waals surface area contributed by atoms with E-state index >= 15 is 0 Å². The minimum atomic E-state index is 0.535. The van der Waals surface area contributed by atoms with Crippen molar-refractivity contribution in [1.82, 2.24) is 4.98 Å². The van der Waals surface area contributed by atoms with E-state index in [2.05, 4.69) is 20.9 Å². The zero-order chi connectivity index (χ0) is 7.98. The highest BCUT2D eigenvalue weighted by Gasteiger charge is 1.88. The fraction of sp³-hybridized carbons (Fsp3) is 0.286. The minimum Gasteiger partial charge on any atom is -0.383 e. The second kappa shape index (κ2) is 5.23. The zero-order valence-corrected chi connectivity index (χ0v) is 7.72. The quantitative estimate of drug-likeness (QED) is 0.703. The van der Waals surface area contributed by atoms with Crippen molar-refractivity contribution in [2.45, 2.75) is 13.8 Å². The van der Waals surface area contributed by atoms with Crippen molar-refractivity contribution >= 4 is 21.7 Å². The second-order valence-corrected chi connectivity index (χ2v) is 2.22. The molecule has 0 saturated heterocycles. The van der Waals surface area contributed by atoms with E-state index in [1.54, 1.807) is 6.20 Å². The van der Waals surface area contributed by atoms with Gasteiger partial charge in [0.05, 0.1) is 4.47 Å². The van der Waals surface area contributed by atoms with Crippen LogP contribution >= 0.6 is 15.9 Å². The molecule has 0 spiro atoms. The van der Waals surface area contributed by atoms with Crippen LogP contribution in [0.5, 0.6) is 0 Å². The summed E-state index contributed by atoms with van der Waals surface area (Å²) >= 11 is 3.21. The predicted molar refractivity (Wildman–Crippen MR) is 47.7 cm³/mol. The van der Waals surface area contributed by atoms with Crippen LogP contribution in [0.25, 0.3) is 0 Å². The van der Waals surface area contributed by atoms with Crippen LogP contribution in [0.4, 0.5) is 5.82 Å². The van der Waals surface area contributed by atoms with Gasteiger partial charge in [0.2, 0.25) is 0 Å². The summed E-state index contributed by atoms with van der Waals surface area (Å²) in [6.07, 6.45) is 1.65. The third-order valence-corrected chi connectivity index (χ3v) is 1.46. The van der Waals surface area contributed by atoms with Crippen LogP contribution in [0, 0.1) is 0 Å². The van der Waals surface area contributed by atoms with Crippen molar-refractivity contribution in [2.24, 2.45) is 0 Å². The van der Waals surface area contributed by atoms with E-state index in [-0.39, 0.29) is 0 Å². The normalized spacial score (nSPS) is 7.90. The molecule has 0 fully saturated rings. The molecule has 0 saturated carbocycles. The van der Waals surface area contributed by atoms with Gasteiger partial charge < -0.3 is 5.73 Å². The number of anilines is 1. The number of halogens is 1. The summed E-state index contributed by atoms with van der Waals surface area (Å²) in [6, 6.07) is 3.67. The molecule has 1 heterocycles. The Morgan fingerprint density at radius 3 is 2.40 bits per heavy atom. The second-order valence-electron chi connectivity index (χ2n) is 1.37. The summed E-state index contributed by atoms with van der Waals surface area (Å²) in [4.78, 5) is 3.81.